The zero-order valence-electron chi connectivity index (χ0n) is 15.4. The SMILES string of the molecule is Cc1c(OCC(F)(F)F)ccnc1C1C(=O)c2c3c(=O)c3c3c4nc(n(c24)C3=O)S1=O. The first kappa shape index (κ1) is 18.4. The van der Waals surface area contributed by atoms with Gasteiger partial charge < -0.3 is 4.74 Å². The van der Waals surface area contributed by atoms with Crippen LogP contribution in [0.15, 0.2) is 22.2 Å². The van der Waals surface area contributed by atoms with E-state index in [0.717, 1.165) is 10.8 Å². The van der Waals surface area contributed by atoms with E-state index in [4.69, 9.17) is 4.74 Å². The highest BCUT2D eigenvalue weighted by Gasteiger charge is 2.49. The second-order valence-corrected chi connectivity index (χ2v) is 8.76. The van der Waals surface area contributed by atoms with Gasteiger partial charge in [-0.1, -0.05) is 0 Å². The lowest BCUT2D eigenvalue weighted by Gasteiger charge is -2.19. The first-order valence-electron chi connectivity index (χ1n) is 8.93. The van der Waals surface area contributed by atoms with Crippen molar-refractivity contribution < 1.29 is 31.7 Å². The summed E-state index contributed by atoms with van der Waals surface area (Å²) in [5.41, 5.74) is 0.0154. The summed E-state index contributed by atoms with van der Waals surface area (Å²) < 4.78 is 57.0. The van der Waals surface area contributed by atoms with Crippen molar-refractivity contribution in [2.45, 2.75) is 23.5 Å². The van der Waals surface area contributed by atoms with Crippen LogP contribution in [0.5, 0.6) is 5.75 Å². The Morgan fingerprint density at radius 1 is 1.19 bits per heavy atom. The molecule has 0 fully saturated rings. The van der Waals surface area contributed by atoms with Gasteiger partial charge in [-0.05, 0) is 13.0 Å². The average molecular weight is 447 g/mol. The number of benzene rings is 1. The number of rotatable bonds is 3. The van der Waals surface area contributed by atoms with Crippen molar-refractivity contribution in [3.63, 3.8) is 0 Å². The number of ether oxygens (including phenoxy) is 1. The van der Waals surface area contributed by atoms with Gasteiger partial charge in [0.25, 0.3) is 5.91 Å². The number of nitrogens with zero attached hydrogens (tertiary/aromatic N) is 3. The van der Waals surface area contributed by atoms with Gasteiger partial charge in [0.15, 0.2) is 17.8 Å². The van der Waals surface area contributed by atoms with Gasteiger partial charge in [0.2, 0.25) is 5.16 Å². The van der Waals surface area contributed by atoms with Gasteiger partial charge in [0.05, 0.1) is 22.3 Å². The van der Waals surface area contributed by atoms with Gasteiger partial charge in [-0.2, -0.15) is 13.2 Å². The highest BCUT2D eigenvalue weighted by Crippen LogP contribution is 2.47. The molecule has 4 aromatic rings. The first-order chi connectivity index (χ1) is 14.6. The Labute approximate surface area is 171 Å². The second kappa shape index (κ2) is 5.44. The molecule has 0 aliphatic carbocycles. The molecule has 2 unspecified atom stereocenters. The minimum absolute atomic E-state index is 0.0398. The van der Waals surface area contributed by atoms with Crippen LogP contribution < -0.4 is 10.2 Å². The third-order valence-corrected chi connectivity index (χ3v) is 7.09. The Balaban J connectivity index is 1.55. The van der Waals surface area contributed by atoms with E-state index < -0.39 is 46.0 Å². The molecular formula is C19H8F3N3O5S. The van der Waals surface area contributed by atoms with Crippen molar-refractivity contribution in [3.8, 4) is 5.75 Å². The molecule has 0 spiro atoms. The zero-order chi connectivity index (χ0) is 22.0. The molecule has 0 amide bonds. The van der Waals surface area contributed by atoms with Crippen LogP contribution >= 0.6 is 0 Å². The minimum Gasteiger partial charge on any atom is -0.484 e. The predicted molar refractivity (Wildman–Crippen MR) is 99.6 cm³/mol. The number of fused-ring (bicyclic) bond motifs is 3. The van der Waals surface area contributed by atoms with Crippen LogP contribution in [0.2, 0.25) is 0 Å². The fraction of sp³-hybridized carbons (Fsp3) is 0.211. The summed E-state index contributed by atoms with van der Waals surface area (Å²) in [7, 11) is -2.19. The van der Waals surface area contributed by atoms with E-state index in [1.165, 1.54) is 13.0 Å². The van der Waals surface area contributed by atoms with Crippen LogP contribution in [0.4, 0.5) is 13.2 Å². The van der Waals surface area contributed by atoms with Gasteiger partial charge in [-0.3, -0.25) is 19.4 Å². The van der Waals surface area contributed by atoms with E-state index in [0.29, 0.717) is 0 Å². The van der Waals surface area contributed by atoms with E-state index in [1.807, 2.05) is 0 Å². The lowest BCUT2D eigenvalue weighted by molar-refractivity contribution is -0.153. The zero-order valence-corrected chi connectivity index (χ0v) is 16.2. The highest BCUT2D eigenvalue weighted by molar-refractivity contribution is 7.86. The Morgan fingerprint density at radius 3 is 2.61 bits per heavy atom. The average Bonchev–Trinajstić information content (AvgIpc) is 3.14. The lowest BCUT2D eigenvalue weighted by atomic mass is 10.0. The van der Waals surface area contributed by atoms with Gasteiger partial charge in [-0.25, -0.2) is 13.8 Å². The van der Waals surface area contributed by atoms with Crippen LogP contribution in [-0.2, 0) is 10.8 Å². The Hall–Kier alpha value is -3.41. The molecule has 2 aliphatic heterocycles. The van der Waals surface area contributed by atoms with Crippen molar-refractivity contribution >= 4 is 44.3 Å². The third kappa shape index (κ3) is 2.14. The highest BCUT2D eigenvalue weighted by atomic mass is 32.2. The van der Waals surface area contributed by atoms with Crippen molar-refractivity contribution in [1.82, 2.24) is 14.5 Å². The largest absolute Gasteiger partial charge is 0.484 e. The number of carbonyl (C=O) groups excluding carboxylic acids is 2. The molecule has 0 saturated heterocycles. The number of ketones is 1. The second-order valence-electron chi connectivity index (χ2n) is 7.33. The molecule has 6 rings (SSSR count). The lowest BCUT2D eigenvalue weighted by Crippen LogP contribution is -2.24. The number of halogens is 3. The molecule has 5 bridgehead atoms. The number of hydrogen-bond donors (Lipinski definition) is 0. The first-order valence-corrected chi connectivity index (χ1v) is 10.1. The maximum Gasteiger partial charge on any atom is 0.422 e. The molecule has 2 aromatic heterocycles. The summed E-state index contributed by atoms with van der Waals surface area (Å²) in [5.74, 6) is -1.43. The normalized spacial score (nSPS) is 20.1. The van der Waals surface area contributed by atoms with Crippen LogP contribution in [-0.4, -0.2) is 43.2 Å². The van der Waals surface area contributed by atoms with Crippen LogP contribution in [0.1, 0.15) is 37.2 Å². The van der Waals surface area contributed by atoms with E-state index in [9.17, 15) is 31.8 Å². The van der Waals surface area contributed by atoms with Gasteiger partial charge in [-0.15, -0.1) is 0 Å². The Bertz CT molecular complexity index is 1570. The quantitative estimate of drug-likeness (QED) is 0.417. The number of alkyl halides is 3. The van der Waals surface area contributed by atoms with Crippen LogP contribution in [0.3, 0.4) is 0 Å². The van der Waals surface area contributed by atoms with E-state index in [1.54, 1.807) is 0 Å². The summed E-state index contributed by atoms with van der Waals surface area (Å²) in [5, 5.41) is -1.35. The van der Waals surface area contributed by atoms with Crippen molar-refractivity contribution in [3.05, 3.63) is 44.9 Å². The predicted octanol–water partition coefficient (Wildman–Crippen LogP) is 2.12. The minimum atomic E-state index is -4.58. The number of imidazole rings is 1. The molecule has 0 saturated carbocycles. The van der Waals surface area contributed by atoms with Crippen molar-refractivity contribution in [2.24, 2.45) is 0 Å². The topological polar surface area (TPSA) is 108 Å². The summed E-state index contributed by atoms with van der Waals surface area (Å²) in [6, 6.07) is 1.21. The fourth-order valence-corrected chi connectivity index (χ4v) is 5.74. The molecular weight excluding hydrogens is 439 g/mol. The number of pyridine rings is 1. The molecule has 0 N–H and O–H groups in total. The third-order valence-electron chi connectivity index (χ3n) is 5.59. The van der Waals surface area contributed by atoms with Gasteiger partial charge in [0, 0.05) is 22.5 Å². The maximum atomic E-state index is 13.5. The van der Waals surface area contributed by atoms with Gasteiger partial charge >= 0.3 is 6.18 Å². The summed E-state index contributed by atoms with van der Waals surface area (Å²) >= 11 is 0. The molecule has 12 heteroatoms. The van der Waals surface area contributed by atoms with E-state index >= 15 is 0 Å². The molecule has 2 atom stereocenters. The monoisotopic (exact) mass is 447 g/mol. The summed E-state index contributed by atoms with van der Waals surface area (Å²) in [6.07, 6.45) is -3.43. The van der Waals surface area contributed by atoms with E-state index in [2.05, 4.69) is 9.97 Å². The van der Waals surface area contributed by atoms with Crippen molar-refractivity contribution in [1.29, 1.82) is 0 Å². The molecule has 31 heavy (non-hydrogen) atoms. The fourth-order valence-electron chi connectivity index (χ4n) is 4.24. The Kier molecular flexibility index (Phi) is 3.22. The maximum absolute atomic E-state index is 13.5. The Morgan fingerprint density at radius 2 is 1.90 bits per heavy atom. The molecule has 2 aromatic carbocycles. The number of hydrogen-bond acceptors (Lipinski definition) is 7. The number of aromatic nitrogens is 3. The molecule has 2 aliphatic rings. The van der Waals surface area contributed by atoms with E-state index in [-0.39, 0.29) is 55.1 Å². The number of carbonyl (C=O) groups is 2. The molecule has 8 nitrogen and oxygen atoms in total. The standard InChI is InChI=1S/C19H8F3N3O5S/c1-5-6(30-4-19(20,21)22)2-3-23-11(5)16-15(27)10-8-7(14(8)26)9-12-13(10)25(17(9)28)18(24-12)31(16)29/h2-3,16H,4H2,1H3. The van der Waals surface area contributed by atoms with Crippen molar-refractivity contribution in [2.75, 3.05) is 6.61 Å². The molecule has 156 valence electrons. The molecule has 4 heterocycles. The molecule has 0 radical (unpaired) electrons. The van der Waals surface area contributed by atoms with Crippen LogP contribution in [0, 0.1) is 6.92 Å². The van der Waals surface area contributed by atoms with Gasteiger partial charge in [0.1, 0.15) is 27.3 Å². The summed E-state index contributed by atoms with van der Waals surface area (Å²) in [6.45, 7) is -0.154. The van der Waals surface area contributed by atoms with Crippen LogP contribution in [0.25, 0.3) is 21.8 Å². The number of Topliss-reactive ketones (excluding diaryl/α,β-unsaturated/α-hetero) is 1. The summed E-state index contributed by atoms with van der Waals surface area (Å²) in [4.78, 5) is 46.8. The smallest absolute Gasteiger partial charge is 0.422 e.